The topological polar surface area (TPSA) is 74.3 Å². The molecule has 2 N–H and O–H groups in total. The van der Waals surface area contributed by atoms with Gasteiger partial charge in [-0.25, -0.2) is 4.98 Å². The van der Waals surface area contributed by atoms with Crippen molar-refractivity contribution in [3.8, 4) is 0 Å². The fourth-order valence-electron chi connectivity index (χ4n) is 2.12. The normalized spacial score (nSPS) is 14.5. The quantitative estimate of drug-likeness (QED) is 0.773. The van der Waals surface area contributed by atoms with Crippen molar-refractivity contribution in [1.29, 1.82) is 0 Å². The molecule has 1 aromatic rings. The van der Waals surface area contributed by atoms with Crippen molar-refractivity contribution in [1.82, 2.24) is 15.6 Å². The fraction of sp³-hybridized carbons (Fsp3) is 0.643. The number of aromatic nitrogens is 1. The molecule has 6 nitrogen and oxygen atoms in total. The number of amides is 2. The van der Waals surface area contributed by atoms with Gasteiger partial charge in [0.25, 0.3) is 5.91 Å². The maximum Gasteiger partial charge on any atom is 0.264 e. The summed E-state index contributed by atoms with van der Waals surface area (Å²) in [7, 11) is 0. The van der Waals surface area contributed by atoms with Gasteiger partial charge in [0.15, 0.2) is 10.3 Å². The molecule has 22 heavy (non-hydrogen) atoms. The van der Waals surface area contributed by atoms with Gasteiger partial charge >= 0.3 is 0 Å². The van der Waals surface area contributed by atoms with Gasteiger partial charge in [0.2, 0.25) is 5.91 Å². The number of carbonyl (C=O) groups is 2. The third-order valence-corrected chi connectivity index (χ3v) is 4.89. The predicted molar refractivity (Wildman–Crippen MR) is 88.8 cm³/mol. The minimum atomic E-state index is -0.244. The molecule has 0 bridgehead atoms. The van der Waals surface area contributed by atoms with Crippen molar-refractivity contribution in [3.05, 3.63) is 10.0 Å². The van der Waals surface area contributed by atoms with Crippen LogP contribution >= 0.6 is 22.9 Å². The van der Waals surface area contributed by atoms with E-state index in [4.69, 9.17) is 11.6 Å². The standard InChI is InChI=1S/C14H21ClN4O2S/c1-9(2)12(20)16-5-6-17-13(21)10-11(15)18-14(22-10)19-7-3-4-8-19/h9H,3-8H2,1-2H3,(H,16,20)(H,17,21). The van der Waals surface area contributed by atoms with Crippen molar-refractivity contribution in [2.75, 3.05) is 31.1 Å². The van der Waals surface area contributed by atoms with E-state index in [2.05, 4.69) is 20.5 Å². The summed E-state index contributed by atoms with van der Waals surface area (Å²) in [6, 6.07) is 0. The Balaban J connectivity index is 1.83. The molecule has 1 fully saturated rings. The first-order chi connectivity index (χ1) is 10.5. The largest absolute Gasteiger partial charge is 0.354 e. The van der Waals surface area contributed by atoms with E-state index in [0.29, 0.717) is 18.0 Å². The zero-order valence-electron chi connectivity index (χ0n) is 12.8. The van der Waals surface area contributed by atoms with E-state index < -0.39 is 0 Å². The molecule has 0 spiro atoms. The van der Waals surface area contributed by atoms with Crippen molar-refractivity contribution in [2.24, 2.45) is 5.92 Å². The lowest BCUT2D eigenvalue weighted by Crippen LogP contribution is -2.36. The number of rotatable bonds is 6. The molecule has 2 heterocycles. The summed E-state index contributed by atoms with van der Waals surface area (Å²) in [5.74, 6) is -0.331. The second kappa shape index (κ2) is 7.78. The first kappa shape index (κ1) is 17.0. The van der Waals surface area contributed by atoms with Gasteiger partial charge in [-0.2, -0.15) is 0 Å². The lowest BCUT2D eigenvalue weighted by molar-refractivity contribution is -0.123. The number of carbonyl (C=O) groups excluding carboxylic acids is 2. The summed E-state index contributed by atoms with van der Waals surface area (Å²) in [6.07, 6.45) is 2.29. The van der Waals surface area contributed by atoms with Crippen LogP contribution in [0.5, 0.6) is 0 Å². The molecule has 1 aliphatic heterocycles. The predicted octanol–water partition coefficient (Wildman–Crippen LogP) is 1.90. The van der Waals surface area contributed by atoms with Crippen LogP contribution in [0, 0.1) is 5.92 Å². The Labute approximate surface area is 139 Å². The summed E-state index contributed by atoms with van der Waals surface area (Å²) in [6.45, 7) is 6.34. The zero-order valence-corrected chi connectivity index (χ0v) is 14.4. The molecule has 0 atom stereocenters. The summed E-state index contributed by atoms with van der Waals surface area (Å²) in [4.78, 5) is 30.4. The van der Waals surface area contributed by atoms with Gasteiger partial charge in [0.1, 0.15) is 4.88 Å². The van der Waals surface area contributed by atoms with E-state index in [-0.39, 0.29) is 22.9 Å². The monoisotopic (exact) mass is 344 g/mol. The highest BCUT2D eigenvalue weighted by Gasteiger charge is 2.21. The van der Waals surface area contributed by atoms with Crippen molar-refractivity contribution in [2.45, 2.75) is 26.7 Å². The van der Waals surface area contributed by atoms with Gasteiger partial charge < -0.3 is 15.5 Å². The molecule has 1 aliphatic rings. The van der Waals surface area contributed by atoms with Crippen LogP contribution in [-0.4, -0.2) is 43.0 Å². The molecule has 2 rings (SSSR count). The number of thiazole rings is 1. The van der Waals surface area contributed by atoms with Crippen LogP contribution in [0.2, 0.25) is 5.15 Å². The van der Waals surface area contributed by atoms with Gasteiger partial charge in [-0.15, -0.1) is 0 Å². The van der Waals surface area contributed by atoms with Gasteiger partial charge in [-0.05, 0) is 12.8 Å². The van der Waals surface area contributed by atoms with E-state index in [1.54, 1.807) is 0 Å². The molecule has 0 aliphatic carbocycles. The van der Waals surface area contributed by atoms with Crippen molar-refractivity contribution < 1.29 is 9.59 Å². The highest BCUT2D eigenvalue weighted by atomic mass is 35.5. The Morgan fingerprint density at radius 3 is 2.55 bits per heavy atom. The number of hydrogen-bond donors (Lipinski definition) is 2. The van der Waals surface area contributed by atoms with E-state index in [0.717, 1.165) is 31.1 Å². The molecule has 0 unspecified atom stereocenters. The van der Waals surface area contributed by atoms with Crippen LogP contribution in [0.4, 0.5) is 5.13 Å². The minimum Gasteiger partial charge on any atom is -0.354 e. The summed E-state index contributed by atoms with van der Waals surface area (Å²) < 4.78 is 0. The highest BCUT2D eigenvalue weighted by molar-refractivity contribution is 7.18. The Morgan fingerprint density at radius 2 is 1.91 bits per heavy atom. The number of halogens is 1. The fourth-order valence-corrected chi connectivity index (χ4v) is 3.38. The number of hydrogen-bond acceptors (Lipinski definition) is 5. The first-order valence-electron chi connectivity index (χ1n) is 7.46. The summed E-state index contributed by atoms with van der Waals surface area (Å²) in [5.41, 5.74) is 0. The molecule has 0 radical (unpaired) electrons. The van der Waals surface area contributed by atoms with E-state index >= 15 is 0 Å². The average molecular weight is 345 g/mol. The van der Waals surface area contributed by atoms with E-state index in [1.165, 1.54) is 11.3 Å². The number of nitrogens with zero attached hydrogens (tertiary/aromatic N) is 2. The number of nitrogens with one attached hydrogen (secondary N) is 2. The van der Waals surface area contributed by atoms with Crippen LogP contribution in [0.3, 0.4) is 0 Å². The molecule has 0 aromatic carbocycles. The smallest absolute Gasteiger partial charge is 0.264 e. The lowest BCUT2D eigenvalue weighted by atomic mass is 10.2. The summed E-state index contributed by atoms with van der Waals surface area (Å²) in [5, 5.41) is 6.55. The second-order valence-electron chi connectivity index (χ2n) is 5.51. The Kier molecular flexibility index (Phi) is 6.02. The second-order valence-corrected chi connectivity index (χ2v) is 6.85. The molecule has 1 aromatic heterocycles. The third kappa shape index (κ3) is 4.33. The Bertz CT molecular complexity index is 541. The minimum absolute atomic E-state index is 0.0265. The van der Waals surface area contributed by atoms with Crippen LogP contribution in [0.1, 0.15) is 36.4 Å². The number of anilines is 1. The van der Waals surface area contributed by atoms with Crippen LogP contribution in [-0.2, 0) is 4.79 Å². The molecule has 8 heteroatoms. The van der Waals surface area contributed by atoms with Crippen LogP contribution < -0.4 is 15.5 Å². The highest BCUT2D eigenvalue weighted by Crippen LogP contribution is 2.31. The van der Waals surface area contributed by atoms with Crippen LogP contribution in [0.25, 0.3) is 0 Å². The molecule has 122 valence electrons. The van der Waals surface area contributed by atoms with Crippen LogP contribution in [0.15, 0.2) is 0 Å². The molecular weight excluding hydrogens is 324 g/mol. The van der Waals surface area contributed by atoms with Crippen molar-refractivity contribution >= 4 is 39.9 Å². The van der Waals surface area contributed by atoms with E-state index in [9.17, 15) is 9.59 Å². The zero-order chi connectivity index (χ0) is 16.1. The molecule has 0 saturated carbocycles. The van der Waals surface area contributed by atoms with E-state index in [1.807, 2.05) is 13.8 Å². The lowest BCUT2D eigenvalue weighted by Gasteiger charge is -2.11. The molecule has 1 saturated heterocycles. The Morgan fingerprint density at radius 1 is 1.27 bits per heavy atom. The van der Waals surface area contributed by atoms with Crippen molar-refractivity contribution in [3.63, 3.8) is 0 Å². The maximum absolute atomic E-state index is 12.1. The molecule has 2 amide bonds. The van der Waals surface area contributed by atoms with Gasteiger partial charge in [-0.3, -0.25) is 9.59 Å². The van der Waals surface area contributed by atoms with Gasteiger partial charge in [0, 0.05) is 32.1 Å². The molecular formula is C14H21ClN4O2S. The van der Waals surface area contributed by atoms with Gasteiger partial charge in [-0.1, -0.05) is 36.8 Å². The summed E-state index contributed by atoms with van der Waals surface area (Å²) >= 11 is 7.38. The average Bonchev–Trinajstić information content (AvgIpc) is 3.11. The Hall–Kier alpha value is -1.34. The van der Waals surface area contributed by atoms with Gasteiger partial charge in [0.05, 0.1) is 0 Å². The first-order valence-corrected chi connectivity index (χ1v) is 8.65. The maximum atomic E-state index is 12.1. The SMILES string of the molecule is CC(C)C(=O)NCCNC(=O)c1sc(N2CCCC2)nc1Cl. The third-order valence-electron chi connectivity index (χ3n) is 3.39.